The van der Waals surface area contributed by atoms with E-state index in [0.717, 1.165) is 17.3 Å². The van der Waals surface area contributed by atoms with Crippen LogP contribution in [-0.4, -0.2) is 45.6 Å². The molecule has 3 amide bonds. The number of urea groups is 1. The Morgan fingerprint density at radius 1 is 1.12 bits per heavy atom. The predicted octanol–water partition coefficient (Wildman–Crippen LogP) is 4.58. The minimum absolute atomic E-state index is 0.0535. The number of hydrogen-bond acceptors (Lipinski definition) is 6. The van der Waals surface area contributed by atoms with Gasteiger partial charge in [-0.15, -0.1) is 10.2 Å². The van der Waals surface area contributed by atoms with Gasteiger partial charge >= 0.3 is 6.03 Å². The van der Waals surface area contributed by atoms with E-state index >= 15 is 0 Å². The van der Waals surface area contributed by atoms with Crippen LogP contribution in [0.2, 0.25) is 10.0 Å². The lowest BCUT2D eigenvalue weighted by Crippen LogP contribution is -2.43. The number of ether oxygens (including phenoxy) is 1. The third-order valence-corrected chi connectivity index (χ3v) is 5.50. The molecule has 3 aromatic rings. The zero-order valence-electron chi connectivity index (χ0n) is 17.6. The average Bonchev–Trinajstić information content (AvgIpc) is 3.15. The van der Waals surface area contributed by atoms with Crippen LogP contribution in [-0.2, 0) is 4.79 Å². The monoisotopic (exact) mass is 493 g/mol. The first-order valence-corrected chi connectivity index (χ1v) is 11.3. The number of hydrogen-bond donors (Lipinski definition) is 2. The summed E-state index contributed by atoms with van der Waals surface area (Å²) in [4.78, 5) is 24.0. The van der Waals surface area contributed by atoms with E-state index in [1.165, 1.54) is 0 Å². The molecule has 0 saturated heterocycles. The van der Waals surface area contributed by atoms with Crippen LogP contribution in [0.5, 0.6) is 5.75 Å². The second kappa shape index (κ2) is 10.7. The molecule has 1 aromatic heterocycles. The van der Waals surface area contributed by atoms with E-state index in [1.807, 2.05) is 6.07 Å². The van der Waals surface area contributed by atoms with E-state index in [1.54, 1.807) is 61.9 Å². The van der Waals surface area contributed by atoms with E-state index in [-0.39, 0.29) is 11.8 Å². The summed E-state index contributed by atoms with van der Waals surface area (Å²) in [5.41, 5.74) is 1.32. The van der Waals surface area contributed by atoms with Gasteiger partial charge in [-0.05, 0) is 44.2 Å². The van der Waals surface area contributed by atoms with Crippen molar-refractivity contribution in [1.82, 2.24) is 25.4 Å². The summed E-state index contributed by atoms with van der Waals surface area (Å²) in [6.07, 6.45) is 0. The number of nitrogens with zero attached hydrogens (tertiary/aromatic N) is 3. The maximum Gasteiger partial charge on any atom is 0.321 e. The lowest BCUT2D eigenvalue weighted by molar-refractivity contribution is -0.117. The van der Waals surface area contributed by atoms with Crippen LogP contribution < -0.4 is 15.4 Å². The van der Waals surface area contributed by atoms with E-state index in [9.17, 15) is 9.59 Å². The summed E-state index contributed by atoms with van der Waals surface area (Å²) >= 11 is 13.5. The molecule has 8 nitrogen and oxygen atoms in total. The summed E-state index contributed by atoms with van der Waals surface area (Å²) in [5.74, 6) is 0.515. The van der Waals surface area contributed by atoms with Crippen molar-refractivity contribution in [3.63, 3.8) is 0 Å². The number of thioether (sulfide) groups is 1. The Kier molecular flexibility index (Phi) is 8.00. The topological polar surface area (TPSA) is 98.1 Å². The molecule has 0 aliphatic rings. The number of imide groups is 1. The van der Waals surface area contributed by atoms with Crippen molar-refractivity contribution in [2.45, 2.75) is 25.0 Å². The molecule has 11 heteroatoms. The van der Waals surface area contributed by atoms with Crippen molar-refractivity contribution >= 4 is 46.9 Å². The highest BCUT2D eigenvalue weighted by Crippen LogP contribution is 2.34. The third-order valence-electron chi connectivity index (χ3n) is 4.10. The molecule has 0 aliphatic carbocycles. The SMILES string of the molecule is COc1ccc(Cl)cc1-n1c(SCC(=O)NC(=O)NC(C)C)nnc1-c1cccc(Cl)c1. The quantitative estimate of drug-likeness (QED) is 0.467. The van der Waals surface area contributed by atoms with Crippen LogP contribution in [0.25, 0.3) is 17.1 Å². The number of benzene rings is 2. The fraction of sp³-hybridized carbons (Fsp3) is 0.238. The van der Waals surface area contributed by atoms with Crippen molar-refractivity contribution in [1.29, 1.82) is 0 Å². The number of carbonyl (C=O) groups excluding carboxylic acids is 2. The van der Waals surface area contributed by atoms with Gasteiger partial charge in [-0.25, -0.2) is 4.79 Å². The fourth-order valence-corrected chi connectivity index (χ4v) is 3.93. The van der Waals surface area contributed by atoms with Crippen LogP contribution >= 0.6 is 35.0 Å². The molecule has 0 aliphatic heterocycles. The molecule has 0 fully saturated rings. The molecule has 3 rings (SSSR count). The molecular weight excluding hydrogens is 473 g/mol. The third kappa shape index (κ3) is 5.93. The molecule has 0 radical (unpaired) electrons. The first kappa shape index (κ1) is 23.9. The van der Waals surface area contributed by atoms with Gasteiger partial charge < -0.3 is 10.1 Å². The van der Waals surface area contributed by atoms with Crippen molar-refractivity contribution in [2.24, 2.45) is 0 Å². The van der Waals surface area contributed by atoms with Crippen LogP contribution in [0.15, 0.2) is 47.6 Å². The zero-order valence-corrected chi connectivity index (χ0v) is 19.9. The summed E-state index contributed by atoms with van der Waals surface area (Å²) in [6.45, 7) is 3.61. The van der Waals surface area contributed by atoms with Crippen LogP contribution in [0, 0.1) is 0 Å². The van der Waals surface area contributed by atoms with Gasteiger partial charge in [0.25, 0.3) is 0 Å². The standard InChI is InChI=1S/C21H21Cl2N5O3S/c1-12(2)24-20(30)25-18(29)11-32-21-27-26-19(13-5-4-6-14(22)9-13)28(21)16-10-15(23)7-8-17(16)31-3/h4-10,12H,11H2,1-3H3,(H2,24,25,29,30). The first-order chi connectivity index (χ1) is 15.3. The van der Waals surface area contributed by atoms with Gasteiger partial charge in [-0.2, -0.15) is 0 Å². The minimum atomic E-state index is -0.553. The minimum Gasteiger partial charge on any atom is -0.495 e. The summed E-state index contributed by atoms with van der Waals surface area (Å²) in [6, 6.07) is 11.7. The largest absolute Gasteiger partial charge is 0.495 e. The lowest BCUT2D eigenvalue weighted by atomic mass is 10.2. The highest BCUT2D eigenvalue weighted by atomic mass is 35.5. The fourth-order valence-electron chi connectivity index (χ4n) is 2.82. The van der Waals surface area contributed by atoms with E-state index < -0.39 is 11.9 Å². The van der Waals surface area contributed by atoms with Gasteiger partial charge in [0.15, 0.2) is 11.0 Å². The Labute approximate surface area is 199 Å². The number of nitrogens with one attached hydrogen (secondary N) is 2. The molecule has 2 aromatic carbocycles. The number of amides is 3. The van der Waals surface area contributed by atoms with Gasteiger partial charge in [-0.1, -0.05) is 47.1 Å². The maximum absolute atomic E-state index is 12.2. The van der Waals surface area contributed by atoms with Crippen LogP contribution in [0.1, 0.15) is 13.8 Å². The number of methoxy groups -OCH3 is 1. The predicted molar refractivity (Wildman–Crippen MR) is 126 cm³/mol. The van der Waals surface area contributed by atoms with Crippen LogP contribution in [0.3, 0.4) is 0 Å². The second-order valence-electron chi connectivity index (χ2n) is 6.93. The van der Waals surface area contributed by atoms with E-state index in [0.29, 0.717) is 32.5 Å². The van der Waals surface area contributed by atoms with Crippen molar-refractivity contribution in [3.05, 3.63) is 52.5 Å². The normalized spacial score (nSPS) is 10.8. The summed E-state index contributed by atoms with van der Waals surface area (Å²) < 4.78 is 7.24. The Morgan fingerprint density at radius 3 is 2.56 bits per heavy atom. The van der Waals surface area contributed by atoms with Gasteiger partial charge in [0.05, 0.1) is 18.6 Å². The van der Waals surface area contributed by atoms with Crippen molar-refractivity contribution in [3.8, 4) is 22.8 Å². The van der Waals surface area contributed by atoms with Gasteiger partial charge in [0.1, 0.15) is 5.75 Å². The Hall–Kier alpha value is -2.75. The highest BCUT2D eigenvalue weighted by molar-refractivity contribution is 7.99. The van der Waals surface area contributed by atoms with Gasteiger partial charge in [0.2, 0.25) is 5.91 Å². The maximum atomic E-state index is 12.2. The number of halogens is 2. The smallest absolute Gasteiger partial charge is 0.321 e. The van der Waals surface area contributed by atoms with Crippen molar-refractivity contribution < 1.29 is 14.3 Å². The summed E-state index contributed by atoms with van der Waals surface area (Å²) in [5, 5.41) is 14.9. The molecule has 1 heterocycles. The van der Waals surface area contributed by atoms with E-state index in [2.05, 4.69) is 20.8 Å². The van der Waals surface area contributed by atoms with Gasteiger partial charge in [-0.3, -0.25) is 14.7 Å². The molecule has 168 valence electrons. The Bertz CT molecular complexity index is 1140. The zero-order chi connectivity index (χ0) is 23.3. The summed E-state index contributed by atoms with van der Waals surface area (Å²) in [7, 11) is 1.55. The molecule has 0 bridgehead atoms. The van der Waals surface area contributed by atoms with E-state index in [4.69, 9.17) is 27.9 Å². The lowest BCUT2D eigenvalue weighted by Gasteiger charge is -2.14. The molecular formula is C21H21Cl2N5O3S. The second-order valence-corrected chi connectivity index (χ2v) is 8.75. The average molecular weight is 494 g/mol. The Morgan fingerprint density at radius 2 is 1.88 bits per heavy atom. The highest BCUT2D eigenvalue weighted by Gasteiger charge is 2.21. The first-order valence-electron chi connectivity index (χ1n) is 9.57. The molecule has 0 atom stereocenters. The van der Waals surface area contributed by atoms with Crippen molar-refractivity contribution in [2.75, 3.05) is 12.9 Å². The number of rotatable bonds is 7. The molecule has 0 spiro atoms. The molecule has 0 unspecified atom stereocenters. The molecule has 2 N–H and O–H groups in total. The van der Waals surface area contributed by atoms with Crippen LogP contribution in [0.4, 0.5) is 4.79 Å². The molecule has 32 heavy (non-hydrogen) atoms. The Balaban J connectivity index is 1.96. The van der Waals surface area contributed by atoms with Gasteiger partial charge in [0, 0.05) is 21.7 Å². The molecule has 0 saturated carbocycles. The number of carbonyl (C=O) groups is 2. The number of aromatic nitrogens is 3.